The van der Waals surface area contributed by atoms with E-state index in [0.717, 1.165) is 17.7 Å². The molecule has 0 aliphatic heterocycles. The van der Waals surface area contributed by atoms with Crippen molar-refractivity contribution in [1.82, 2.24) is 0 Å². The minimum absolute atomic E-state index is 0.0650. The molecule has 0 atom stereocenters. The third-order valence-corrected chi connectivity index (χ3v) is 2.54. The fourth-order valence-corrected chi connectivity index (χ4v) is 1.67. The van der Waals surface area contributed by atoms with Gasteiger partial charge in [0, 0.05) is 6.07 Å². The molecule has 0 spiro atoms. The number of carbonyl (C=O) groups excluding carboxylic acids is 1. The number of rotatable bonds is 4. The van der Waals surface area contributed by atoms with Crippen LogP contribution < -0.4 is 4.90 Å². The van der Waals surface area contributed by atoms with Crippen LogP contribution in [0.25, 0.3) is 0 Å². The summed E-state index contributed by atoms with van der Waals surface area (Å²) >= 11 is 0. The van der Waals surface area contributed by atoms with E-state index in [0.29, 0.717) is 6.41 Å². The number of amides is 1. The van der Waals surface area contributed by atoms with Crippen LogP contribution in [0.2, 0.25) is 0 Å². The van der Waals surface area contributed by atoms with Crippen LogP contribution >= 0.6 is 0 Å². The molecular weight excluding hydrogens is 236 g/mol. The van der Waals surface area contributed by atoms with Crippen LogP contribution in [0, 0.1) is 11.6 Å². The second-order valence-electron chi connectivity index (χ2n) is 3.81. The minimum atomic E-state index is -0.752. The van der Waals surface area contributed by atoms with Gasteiger partial charge in [-0.25, -0.2) is 8.78 Å². The van der Waals surface area contributed by atoms with Gasteiger partial charge in [-0.05, 0) is 17.7 Å². The second kappa shape index (κ2) is 5.40. The zero-order valence-corrected chi connectivity index (χ0v) is 9.51. The molecule has 0 aliphatic rings. The molecule has 0 saturated heterocycles. The van der Waals surface area contributed by atoms with Crippen molar-refractivity contribution in [2.45, 2.75) is 6.54 Å². The number of halogens is 2. The normalized spacial score (nSPS) is 10.1. The van der Waals surface area contributed by atoms with Gasteiger partial charge in [0.2, 0.25) is 6.41 Å². The lowest BCUT2D eigenvalue weighted by Crippen LogP contribution is -2.21. The van der Waals surface area contributed by atoms with Crippen molar-refractivity contribution in [3.63, 3.8) is 0 Å². The number of benzene rings is 2. The van der Waals surface area contributed by atoms with Crippen molar-refractivity contribution >= 4 is 12.1 Å². The zero-order valence-electron chi connectivity index (χ0n) is 9.51. The van der Waals surface area contributed by atoms with Gasteiger partial charge in [-0.3, -0.25) is 4.79 Å². The largest absolute Gasteiger partial charge is 0.308 e. The van der Waals surface area contributed by atoms with Crippen LogP contribution in [-0.2, 0) is 11.3 Å². The van der Waals surface area contributed by atoms with E-state index in [4.69, 9.17) is 0 Å². The van der Waals surface area contributed by atoms with Gasteiger partial charge in [-0.1, -0.05) is 30.3 Å². The Hall–Kier alpha value is -2.23. The third kappa shape index (κ3) is 2.71. The van der Waals surface area contributed by atoms with Gasteiger partial charge in [0.1, 0.15) is 11.6 Å². The van der Waals surface area contributed by atoms with Gasteiger partial charge in [-0.15, -0.1) is 0 Å². The van der Waals surface area contributed by atoms with E-state index < -0.39 is 11.6 Å². The molecule has 92 valence electrons. The highest BCUT2D eigenvalue weighted by Crippen LogP contribution is 2.20. The summed E-state index contributed by atoms with van der Waals surface area (Å²) in [5.74, 6) is -1.42. The molecule has 2 aromatic rings. The summed E-state index contributed by atoms with van der Waals surface area (Å²) in [5, 5.41) is 0. The number of hydrogen-bond acceptors (Lipinski definition) is 1. The molecule has 0 unspecified atom stereocenters. The number of anilines is 1. The number of carbonyl (C=O) groups is 1. The van der Waals surface area contributed by atoms with E-state index in [1.807, 2.05) is 30.3 Å². The number of nitrogens with zero attached hydrogens (tertiary/aromatic N) is 1. The van der Waals surface area contributed by atoms with Crippen molar-refractivity contribution in [3.05, 3.63) is 65.7 Å². The van der Waals surface area contributed by atoms with Crippen LogP contribution in [-0.4, -0.2) is 6.41 Å². The molecule has 0 radical (unpaired) electrons. The van der Waals surface area contributed by atoms with Crippen LogP contribution in [0.5, 0.6) is 0 Å². The average Bonchev–Trinajstić information content (AvgIpc) is 2.38. The first-order valence-corrected chi connectivity index (χ1v) is 5.41. The highest BCUT2D eigenvalue weighted by molar-refractivity contribution is 5.75. The lowest BCUT2D eigenvalue weighted by Gasteiger charge is -2.18. The van der Waals surface area contributed by atoms with E-state index in [2.05, 4.69) is 0 Å². The molecule has 0 fully saturated rings. The van der Waals surface area contributed by atoms with Gasteiger partial charge < -0.3 is 4.90 Å². The second-order valence-corrected chi connectivity index (χ2v) is 3.81. The van der Waals surface area contributed by atoms with Gasteiger partial charge in [0.15, 0.2) is 0 Å². The first-order chi connectivity index (χ1) is 8.70. The molecule has 0 N–H and O–H groups in total. The Morgan fingerprint density at radius 3 is 2.39 bits per heavy atom. The highest BCUT2D eigenvalue weighted by Gasteiger charge is 2.11. The standard InChI is InChI=1S/C14H11F2NO/c15-12-6-7-14(13(16)8-12)17(10-18)9-11-4-2-1-3-5-11/h1-8,10H,9H2. The molecule has 1 amide bonds. The molecule has 2 rings (SSSR count). The van der Waals surface area contributed by atoms with E-state index in [1.54, 1.807) is 0 Å². The molecule has 0 aliphatic carbocycles. The first-order valence-electron chi connectivity index (χ1n) is 5.41. The Morgan fingerprint density at radius 1 is 1.06 bits per heavy atom. The molecule has 0 heterocycles. The molecule has 2 aromatic carbocycles. The maximum absolute atomic E-state index is 13.5. The molecule has 0 bridgehead atoms. The topological polar surface area (TPSA) is 20.3 Å². The summed E-state index contributed by atoms with van der Waals surface area (Å²) in [6.45, 7) is 0.243. The van der Waals surface area contributed by atoms with Crippen molar-refractivity contribution in [3.8, 4) is 0 Å². The Morgan fingerprint density at radius 2 is 1.78 bits per heavy atom. The third-order valence-electron chi connectivity index (χ3n) is 2.54. The van der Waals surface area contributed by atoms with Crippen molar-refractivity contribution < 1.29 is 13.6 Å². The van der Waals surface area contributed by atoms with Crippen LogP contribution in [0.1, 0.15) is 5.56 Å². The Balaban J connectivity index is 2.26. The molecular formula is C14H11F2NO. The van der Waals surface area contributed by atoms with Gasteiger partial charge >= 0.3 is 0 Å². The molecule has 4 heteroatoms. The Labute approximate surface area is 103 Å². The predicted octanol–water partition coefficient (Wildman–Crippen LogP) is 3.13. The summed E-state index contributed by atoms with van der Waals surface area (Å²) in [7, 11) is 0. The summed E-state index contributed by atoms with van der Waals surface area (Å²) in [5.41, 5.74) is 0.934. The predicted molar refractivity (Wildman–Crippen MR) is 65.0 cm³/mol. The lowest BCUT2D eigenvalue weighted by atomic mass is 10.2. The molecule has 0 aromatic heterocycles. The Bertz CT molecular complexity index is 543. The maximum Gasteiger partial charge on any atom is 0.214 e. The van der Waals surface area contributed by atoms with Crippen LogP contribution in [0.15, 0.2) is 48.5 Å². The molecule has 18 heavy (non-hydrogen) atoms. The quantitative estimate of drug-likeness (QED) is 0.760. The minimum Gasteiger partial charge on any atom is -0.308 e. The summed E-state index contributed by atoms with van der Waals surface area (Å²) < 4.78 is 26.3. The van der Waals surface area contributed by atoms with Gasteiger partial charge in [0.25, 0.3) is 0 Å². The van der Waals surface area contributed by atoms with Crippen LogP contribution in [0.3, 0.4) is 0 Å². The highest BCUT2D eigenvalue weighted by atomic mass is 19.1. The van der Waals surface area contributed by atoms with Gasteiger partial charge in [-0.2, -0.15) is 0 Å². The SMILES string of the molecule is O=CN(Cc1ccccc1)c1ccc(F)cc1F. The van der Waals surface area contributed by atoms with E-state index in [9.17, 15) is 13.6 Å². The van der Waals surface area contributed by atoms with Gasteiger partial charge in [0.05, 0.1) is 12.2 Å². The lowest BCUT2D eigenvalue weighted by molar-refractivity contribution is -0.107. The van der Waals surface area contributed by atoms with Crippen molar-refractivity contribution in [2.24, 2.45) is 0 Å². The van der Waals surface area contributed by atoms with E-state index >= 15 is 0 Å². The smallest absolute Gasteiger partial charge is 0.214 e. The van der Waals surface area contributed by atoms with Crippen LogP contribution in [0.4, 0.5) is 14.5 Å². The fourth-order valence-electron chi connectivity index (χ4n) is 1.67. The monoisotopic (exact) mass is 247 g/mol. The number of hydrogen-bond donors (Lipinski definition) is 0. The Kier molecular flexibility index (Phi) is 3.67. The fraction of sp³-hybridized carbons (Fsp3) is 0.0714. The summed E-state index contributed by atoms with van der Waals surface area (Å²) in [4.78, 5) is 12.2. The summed E-state index contributed by atoms with van der Waals surface area (Å²) in [6, 6.07) is 12.3. The van der Waals surface area contributed by atoms with E-state index in [-0.39, 0.29) is 12.2 Å². The average molecular weight is 247 g/mol. The maximum atomic E-state index is 13.5. The first kappa shape index (κ1) is 12.2. The van der Waals surface area contributed by atoms with Crippen molar-refractivity contribution in [2.75, 3.05) is 4.90 Å². The van der Waals surface area contributed by atoms with E-state index in [1.165, 1.54) is 11.0 Å². The molecule has 0 saturated carbocycles. The zero-order chi connectivity index (χ0) is 13.0. The summed E-state index contributed by atoms with van der Waals surface area (Å²) in [6.07, 6.45) is 0.531. The van der Waals surface area contributed by atoms with Crippen molar-refractivity contribution in [1.29, 1.82) is 0 Å². The molecule has 2 nitrogen and oxygen atoms in total.